The standard InChI is InChI=1S/C20H21ClN2O4S/c1-3-14-27-18-10-6-16(7-11-18)22-19(24)20(2)12-13-23(28(20,25)26)17-8-4-15(21)5-9-17/h3-11H,1,12-14H2,2H3,(H,22,24)/t20-/m0/s1. The Bertz CT molecular complexity index is 974. The number of nitrogens with zero attached hydrogens (tertiary/aromatic N) is 1. The second-order valence-electron chi connectivity index (χ2n) is 6.61. The summed E-state index contributed by atoms with van der Waals surface area (Å²) in [5.41, 5.74) is 0.988. The van der Waals surface area contributed by atoms with Gasteiger partial charge in [0.2, 0.25) is 15.9 Å². The molecule has 0 spiro atoms. The molecule has 1 saturated heterocycles. The number of anilines is 2. The highest BCUT2D eigenvalue weighted by molar-refractivity contribution is 7.95. The van der Waals surface area contributed by atoms with Gasteiger partial charge in [0.15, 0.2) is 4.75 Å². The molecule has 2 aromatic carbocycles. The smallest absolute Gasteiger partial charge is 0.249 e. The minimum Gasteiger partial charge on any atom is -0.490 e. The number of ether oxygens (including phenoxy) is 1. The Labute approximate surface area is 169 Å². The monoisotopic (exact) mass is 420 g/mol. The van der Waals surface area contributed by atoms with Crippen LogP contribution in [0.25, 0.3) is 0 Å². The van der Waals surface area contributed by atoms with E-state index in [1.165, 1.54) is 11.2 Å². The number of amides is 1. The van der Waals surface area contributed by atoms with E-state index in [9.17, 15) is 13.2 Å². The van der Waals surface area contributed by atoms with Crippen LogP contribution in [0.15, 0.2) is 61.2 Å². The van der Waals surface area contributed by atoms with Crippen LogP contribution in [0, 0.1) is 0 Å². The van der Waals surface area contributed by atoms with Crippen molar-refractivity contribution in [2.45, 2.75) is 18.1 Å². The van der Waals surface area contributed by atoms with Crippen molar-refractivity contribution in [1.29, 1.82) is 0 Å². The molecule has 1 atom stereocenters. The van der Waals surface area contributed by atoms with Gasteiger partial charge >= 0.3 is 0 Å². The van der Waals surface area contributed by atoms with Gasteiger partial charge in [-0.25, -0.2) is 8.42 Å². The van der Waals surface area contributed by atoms with Crippen molar-refractivity contribution in [3.05, 3.63) is 66.2 Å². The highest BCUT2D eigenvalue weighted by atomic mass is 35.5. The summed E-state index contributed by atoms with van der Waals surface area (Å²) in [6, 6.07) is 13.2. The zero-order valence-electron chi connectivity index (χ0n) is 15.4. The largest absolute Gasteiger partial charge is 0.490 e. The van der Waals surface area contributed by atoms with E-state index in [0.717, 1.165) is 0 Å². The van der Waals surface area contributed by atoms with Gasteiger partial charge in [-0.3, -0.25) is 9.10 Å². The Kier molecular flexibility index (Phi) is 5.67. The van der Waals surface area contributed by atoms with Crippen LogP contribution < -0.4 is 14.4 Å². The van der Waals surface area contributed by atoms with Crippen LogP contribution in [0.3, 0.4) is 0 Å². The SMILES string of the molecule is C=CCOc1ccc(NC(=O)[C@]2(C)CCN(c3ccc(Cl)cc3)S2(=O)=O)cc1. The van der Waals surface area contributed by atoms with Crippen LogP contribution in [-0.2, 0) is 14.8 Å². The minimum atomic E-state index is -3.89. The summed E-state index contributed by atoms with van der Waals surface area (Å²) < 4.78 is 31.3. The van der Waals surface area contributed by atoms with Gasteiger partial charge < -0.3 is 10.1 Å². The number of benzene rings is 2. The van der Waals surface area contributed by atoms with Gasteiger partial charge in [-0.2, -0.15) is 0 Å². The molecule has 3 rings (SSSR count). The van der Waals surface area contributed by atoms with Gasteiger partial charge in [-0.15, -0.1) is 0 Å². The van der Waals surface area contributed by atoms with Crippen molar-refractivity contribution in [3.63, 3.8) is 0 Å². The minimum absolute atomic E-state index is 0.185. The Morgan fingerprint density at radius 1 is 1.25 bits per heavy atom. The average molecular weight is 421 g/mol. The molecular formula is C20H21ClN2O4S. The first-order valence-electron chi connectivity index (χ1n) is 8.71. The van der Waals surface area contributed by atoms with E-state index < -0.39 is 20.7 Å². The van der Waals surface area contributed by atoms with Crippen molar-refractivity contribution in [2.24, 2.45) is 0 Å². The van der Waals surface area contributed by atoms with E-state index >= 15 is 0 Å². The summed E-state index contributed by atoms with van der Waals surface area (Å²) in [5.74, 6) is 0.0650. The molecule has 2 aromatic rings. The first kappa shape index (κ1) is 20.2. The fourth-order valence-corrected chi connectivity index (χ4v) is 4.94. The van der Waals surface area contributed by atoms with Crippen LogP contribution in [-0.4, -0.2) is 32.2 Å². The van der Waals surface area contributed by atoms with E-state index in [1.807, 2.05) is 0 Å². The van der Waals surface area contributed by atoms with Crippen LogP contribution in [0.2, 0.25) is 5.02 Å². The summed E-state index contributed by atoms with van der Waals surface area (Å²) >= 11 is 5.88. The number of halogens is 1. The quantitative estimate of drug-likeness (QED) is 0.720. The average Bonchev–Trinajstić information content (AvgIpc) is 2.92. The summed E-state index contributed by atoms with van der Waals surface area (Å²) in [6.45, 7) is 5.64. The van der Waals surface area contributed by atoms with Gasteiger partial charge in [0, 0.05) is 17.3 Å². The number of hydrogen-bond donors (Lipinski definition) is 1. The maximum atomic E-state index is 13.1. The number of nitrogens with one attached hydrogen (secondary N) is 1. The maximum absolute atomic E-state index is 13.1. The zero-order chi connectivity index (χ0) is 20.4. The molecule has 0 saturated carbocycles. The lowest BCUT2D eigenvalue weighted by molar-refractivity contribution is -0.118. The Morgan fingerprint density at radius 3 is 2.50 bits per heavy atom. The number of rotatable bonds is 6. The molecule has 0 radical (unpaired) electrons. The molecular weight excluding hydrogens is 400 g/mol. The molecule has 28 heavy (non-hydrogen) atoms. The maximum Gasteiger partial charge on any atom is 0.249 e. The molecule has 1 aliphatic rings. The molecule has 1 aliphatic heterocycles. The topological polar surface area (TPSA) is 75.7 Å². The van der Waals surface area contributed by atoms with Gasteiger partial charge in [-0.05, 0) is 61.9 Å². The second kappa shape index (κ2) is 7.85. The predicted molar refractivity (Wildman–Crippen MR) is 112 cm³/mol. The van der Waals surface area contributed by atoms with Crippen LogP contribution in [0.4, 0.5) is 11.4 Å². The van der Waals surface area contributed by atoms with Crippen LogP contribution in [0.1, 0.15) is 13.3 Å². The van der Waals surface area contributed by atoms with Gasteiger partial charge in [-0.1, -0.05) is 24.3 Å². The normalized spacial score (nSPS) is 20.6. The number of sulfonamides is 1. The Hall–Kier alpha value is -2.51. The number of carbonyl (C=O) groups excluding carboxylic acids is 1. The van der Waals surface area contributed by atoms with Crippen LogP contribution >= 0.6 is 11.6 Å². The van der Waals surface area contributed by atoms with Crippen molar-refractivity contribution in [2.75, 3.05) is 22.8 Å². The molecule has 148 valence electrons. The fraction of sp³-hybridized carbons (Fsp3) is 0.250. The summed E-state index contributed by atoms with van der Waals surface area (Å²) in [4.78, 5) is 12.9. The molecule has 1 heterocycles. The van der Waals surface area contributed by atoms with Crippen LogP contribution in [0.5, 0.6) is 5.75 Å². The fourth-order valence-electron chi connectivity index (χ4n) is 2.97. The summed E-state index contributed by atoms with van der Waals surface area (Å²) in [5, 5.41) is 3.22. The first-order valence-corrected chi connectivity index (χ1v) is 10.5. The van der Waals surface area contributed by atoms with Crippen molar-refractivity contribution >= 4 is 38.9 Å². The van der Waals surface area contributed by atoms with Gasteiger partial charge in [0.25, 0.3) is 0 Å². The third-order valence-corrected chi connectivity index (χ3v) is 7.48. The molecule has 0 unspecified atom stereocenters. The lowest BCUT2D eigenvalue weighted by Gasteiger charge is -2.25. The molecule has 1 amide bonds. The Morgan fingerprint density at radius 2 is 1.89 bits per heavy atom. The lowest BCUT2D eigenvalue weighted by atomic mass is 10.1. The predicted octanol–water partition coefficient (Wildman–Crippen LogP) is 3.84. The molecule has 8 heteroatoms. The van der Waals surface area contributed by atoms with Crippen molar-refractivity contribution < 1.29 is 17.9 Å². The van der Waals surface area contributed by atoms with E-state index in [-0.39, 0.29) is 13.0 Å². The number of hydrogen-bond acceptors (Lipinski definition) is 4. The van der Waals surface area contributed by atoms with Crippen molar-refractivity contribution in [1.82, 2.24) is 0 Å². The summed E-state index contributed by atoms with van der Waals surface area (Å²) in [6.07, 6.45) is 1.82. The highest BCUT2D eigenvalue weighted by Gasteiger charge is 2.54. The Balaban J connectivity index is 1.77. The second-order valence-corrected chi connectivity index (χ2v) is 9.34. The van der Waals surface area contributed by atoms with E-state index in [4.69, 9.17) is 16.3 Å². The number of carbonyl (C=O) groups is 1. The molecule has 1 fully saturated rings. The summed E-state index contributed by atoms with van der Waals surface area (Å²) in [7, 11) is -3.89. The van der Waals surface area contributed by atoms with E-state index in [2.05, 4.69) is 11.9 Å². The first-order chi connectivity index (χ1) is 13.3. The molecule has 0 aliphatic carbocycles. The highest BCUT2D eigenvalue weighted by Crippen LogP contribution is 2.37. The van der Waals surface area contributed by atoms with E-state index in [0.29, 0.717) is 28.8 Å². The van der Waals surface area contributed by atoms with Gasteiger partial charge in [0.1, 0.15) is 12.4 Å². The van der Waals surface area contributed by atoms with Crippen molar-refractivity contribution in [3.8, 4) is 5.75 Å². The lowest BCUT2D eigenvalue weighted by Crippen LogP contribution is -2.47. The molecule has 1 N–H and O–H groups in total. The van der Waals surface area contributed by atoms with Gasteiger partial charge in [0.05, 0.1) is 5.69 Å². The zero-order valence-corrected chi connectivity index (χ0v) is 17.0. The van der Waals surface area contributed by atoms with E-state index in [1.54, 1.807) is 54.6 Å². The molecule has 0 aromatic heterocycles. The molecule has 0 bridgehead atoms. The third kappa shape index (κ3) is 3.72. The molecule has 6 nitrogen and oxygen atoms in total. The third-order valence-electron chi connectivity index (χ3n) is 4.73.